The van der Waals surface area contributed by atoms with Crippen LogP contribution in [-0.2, 0) is 4.74 Å². The van der Waals surface area contributed by atoms with E-state index in [-0.39, 0.29) is 5.60 Å². The minimum atomic E-state index is 0.128. The van der Waals surface area contributed by atoms with Gasteiger partial charge in [0.1, 0.15) is 0 Å². The second-order valence-corrected chi connectivity index (χ2v) is 6.84. The number of ether oxygens (including phenoxy) is 1. The molecular formula is C16H31NO. The first-order chi connectivity index (χ1) is 8.61. The van der Waals surface area contributed by atoms with E-state index in [1.165, 1.54) is 51.4 Å². The second-order valence-electron chi connectivity index (χ2n) is 6.84. The van der Waals surface area contributed by atoms with Crippen molar-refractivity contribution in [3.63, 3.8) is 0 Å². The van der Waals surface area contributed by atoms with E-state index in [1.54, 1.807) is 0 Å². The molecule has 3 atom stereocenters. The van der Waals surface area contributed by atoms with Crippen LogP contribution in [0.4, 0.5) is 0 Å². The van der Waals surface area contributed by atoms with Crippen molar-refractivity contribution in [3.8, 4) is 0 Å². The molecule has 2 nitrogen and oxygen atoms in total. The number of nitrogens with one attached hydrogen (secondary N) is 1. The van der Waals surface area contributed by atoms with Crippen LogP contribution in [0.3, 0.4) is 0 Å². The quantitative estimate of drug-likeness (QED) is 0.767. The molecule has 0 spiro atoms. The molecule has 0 radical (unpaired) electrons. The van der Waals surface area contributed by atoms with Gasteiger partial charge in [-0.2, -0.15) is 0 Å². The maximum absolute atomic E-state index is 6.19. The Kier molecular flexibility index (Phi) is 5.08. The predicted molar refractivity (Wildman–Crippen MR) is 76.8 cm³/mol. The first kappa shape index (κ1) is 14.3. The molecule has 2 aliphatic rings. The zero-order valence-electron chi connectivity index (χ0n) is 12.5. The van der Waals surface area contributed by atoms with Gasteiger partial charge in [0.15, 0.2) is 0 Å². The van der Waals surface area contributed by atoms with Crippen molar-refractivity contribution < 1.29 is 4.74 Å². The van der Waals surface area contributed by atoms with E-state index >= 15 is 0 Å². The standard InChI is InChI=1S/C16H31NO/c1-4-17-15-9-7-5-6-8-13(15)12-14-10-11-16(2,3)18-14/h13-15,17H,4-12H2,1-3H3. The molecule has 0 aromatic carbocycles. The maximum atomic E-state index is 6.19. The molecule has 1 N–H and O–H groups in total. The van der Waals surface area contributed by atoms with E-state index in [0.717, 1.165) is 18.5 Å². The summed E-state index contributed by atoms with van der Waals surface area (Å²) < 4.78 is 6.19. The highest BCUT2D eigenvalue weighted by molar-refractivity contribution is 4.86. The Labute approximate surface area is 113 Å². The van der Waals surface area contributed by atoms with E-state index in [9.17, 15) is 0 Å². The molecule has 0 amide bonds. The summed E-state index contributed by atoms with van der Waals surface area (Å²) in [5, 5.41) is 3.71. The third-order valence-corrected chi connectivity index (χ3v) is 4.75. The van der Waals surface area contributed by atoms with E-state index in [1.807, 2.05) is 0 Å². The summed E-state index contributed by atoms with van der Waals surface area (Å²) in [5.41, 5.74) is 0.128. The minimum absolute atomic E-state index is 0.128. The van der Waals surface area contributed by atoms with Crippen LogP contribution < -0.4 is 5.32 Å². The zero-order chi connectivity index (χ0) is 13.0. The average molecular weight is 253 g/mol. The van der Waals surface area contributed by atoms with Crippen LogP contribution in [0.5, 0.6) is 0 Å². The van der Waals surface area contributed by atoms with E-state index in [2.05, 4.69) is 26.1 Å². The fraction of sp³-hybridized carbons (Fsp3) is 1.00. The van der Waals surface area contributed by atoms with Gasteiger partial charge >= 0.3 is 0 Å². The number of rotatable bonds is 4. The Morgan fingerprint density at radius 3 is 2.56 bits per heavy atom. The molecule has 2 heteroatoms. The molecule has 2 rings (SSSR count). The monoisotopic (exact) mass is 253 g/mol. The highest BCUT2D eigenvalue weighted by Crippen LogP contribution is 2.35. The minimum Gasteiger partial charge on any atom is -0.372 e. The topological polar surface area (TPSA) is 21.3 Å². The molecule has 18 heavy (non-hydrogen) atoms. The van der Waals surface area contributed by atoms with Crippen LogP contribution in [0.15, 0.2) is 0 Å². The van der Waals surface area contributed by atoms with Gasteiger partial charge in [0.25, 0.3) is 0 Å². The van der Waals surface area contributed by atoms with Crippen LogP contribution in [0, 0.1) is 5.92 Å². The smallest absolute Gasteiger partial charge is 0.0631 e. The summed E-state index contributed by atoms with van der Waals surface area (Å²) in [4.78, 5) is 0. The van der Waals surface area contributed by atoms with Crippen molar-refractivity contribution in [2.45, 2.75) is 89.9 Å². The van der Waals surface area contributed by atoms with Crippen molar-refractivity contribution in [2.75, 3.05) is 6.54 Å². The molecule has 0 aromatic rings. The van der Waals surface area contributed by atoms with Crippen molar-refractivity contribution in [1.82, 2.24) is 5.32 Å². The molecular weight excluding hydrogens is 222 g/mol. The van der Waals surface area contributed by atoms with E-state index in [0.29, 0.717) is 6.10 Å². The lowest BCUT2D eigenvalue weighted by molar-refractivity contribution is -0.0270. The van der Waals surface area contributed by atoms with Gasteiger partial charge in [-0.25, -0.2) is 0 Å². The molecule has 1 heterocycles. The maximum Gasteiger partial charge on any atom is 0.0631 e. The van der Waals surface area contributed by atoms with Crippen molar-refractivity contribution in [1.29, 1.82) is 0 Å². The summed E-state index contributed by atoms with van der Waals surface area (Å²) in [6.45, 7) is 7.82. The lowest BCUT2D eigenvalue weighted by Gasteiger charge is -2.29. The van der Waals surface area contributed by atoms with Gasteiger partial charge < -0.3 is 10.1 Å². The van der Waals surface area contributed by atoms with Crippen LogP contribution in [0.2, 0.25) is 0 Å². The fourth-order valence-electron chi connectivity index (χ4n) is 3.78. The lowest BCUT2D eigenvalue weighted by atomic mass is 9.88. The average Bonchev–Trinajstić information content (AvgIpc) is 2.52. The molecule has 2 fully saturated rings. The van der Waals surface area contributed by atoms with Gasteiger partial charge in [0.2, 0.25) is 0 Å². The predicted octanol–water partition coefficient (Wildman–Crippen LogP) is 3.89. The van der Waals surface area contributed by atoms with Gasteiger partial charge in [-0.1, -0.05) is 26.2 Å². The first-order valence-corrected chi connectivity index (χ1v) is 8.02. The SMILES string of the molecule is CCNC1CCCCCC1CC1CCC(C)(C)O1. The molecule has 0 aromatic heterocycles. The first-order valence-electron chi connectivity index (χ1n) is 8.02. The Bertz CT molecular complexity index is 251. The largest absolute Gasteiger partial charge is 0.372 e. The van der Waals surface area contributed by atoms with Gasteiger partial charge in [-0.05, 0) is 58.4 Å². The van der Waals surface area contributed by atoms with Gasteiger partial charge in [-0.15, -0.1) is 0 Å². The third kappa shape index (κ3) is 3.96. The highest BCUT2D eigenvalue weighted by atomic mass is 16.5. The normalized spacial score (nSPS) is 36.5. The van der Waals surface area contributed by atoms with Gasteiger partial charge in [0.05, 0.1) is 11.7 Å². The van der Waals surface area contributed by atoms with E-state index in [4.69, 9.17) is 4.74 Å². The second kappa shape index (κ2) is 6.38. The summed E-state index contributed by atoms with van der Waals surface area (Å²) in [6.07, 6.45) is 11.3. The number of hydrogen-bond donors (Lipinski definition) is 1. The Morgan fingerprint density at radius 2 is 1.89 bits per heavy atom. The molecule has 3 unspecified atom stereocenters. The van der Waals surface area contributed by atoms with Crippen LogP contribution >= 0.6 is 0 Å². The number of hydrogen-bond acceptors (Lipinski definition) is 2. The molecule has 1 saturated carbocycles. The molecule has 0 bridgehead atoms. The highest BCUT2D eigenvalue weighted by Gasteiger charge is 2.34. The molecule has 106 valence electrons. The van der Waals surface area contributed by atoms with E-state index < -0.39 is 0 Å². The third-order valence-electron chi connectivity index (χ3n) is 4.75. The lowest BCUT2D eigenvalue weighted by Crippen LogP contribution is -2.37. The van der Waals surface area contributed by atoms with Crippen molar-refractivity contribution in [2.24, 2.45) is 5.92 Å². The summed E-state index contributed by atoms with van der Waals surface area (Å²) in [5.74, 6) is 0.839. The van der Waals surface area contributed by atoms with Crippen molar-refractivity contribution in [3.05, 3.63) is 0 Å². The summed E-state index contributed by atoms with van der Waals surface area (Å²) >= 11 is 0. The summed E-state index contributed by atoms with van der Waals surface area (Å²) in [7, 11) is 0. The van der Waals surface area contributed by atoms with Crippen LogP contribution in [0.1, 0.15) is 72.1 Å². The molecule has 1 saturated heterocycles. The van der Waals surface area contributed by atoms with Gasteiger partial charge in [0, 0.05) is 6.04 Å². The zero-order valence-corrected chi connectivity index (χ0v) is 12.5. The Hall–Kier alpha value is -0.0800. The van der Waals surface area contributed by atoms with Crippen molar-refractivity contribution >= 4 is 0 Å². The van der Waals surface area contributed by atoms with Crippen LogP contribution in [-0.4, -0.2) is 24.3 Å². The fourth-order valence-corrected chi connectivity index (χ4v) is 3.78. The van der Waals surface area contributed by atoms with Gasteiger partial charge in [-0.3, -0.25) is 0 Å². The summed E-state index contributed by atoms with van der Waals surface area (Å²) in [6, 6.07) is 0.741. The molecule has 1 aliphatic carbocycles. The van der Waals surface area contributed by atoms with Crippen LogP contribution in [0.25, 0.3) is 0 Å². The Balaban J connectivity index is 1.88. The Morgan fingerprint density at radius 1 is 1.11 bits per heavy atom. The molecule has 1 aliphatic heterocycles.